The van der Waals surface area contributed by atoms with Gasteiger partial charge in [-0.3, -0.25) is 4.79 Å². The molecule has 0 spiro atoms. The molecule has 1 aromatic carbocycles. The van der Waals surface area contributed by atoms with Crippen molar-refractivity contribution in [3.63, 3.8) is 0 Å². The predicted molar refractivity (Wildman–Crippen MR) is 101 cm³/mol. The lowest BCUT2D eigenvalue weighted by molar-refractivity contribution is 0.0941. The van der Waals surface area contributed by atoms with Crippen molar-refractivity contribution in [1.29, 1.82) is 0 Å². The molecule has 1 saturated heterocycles. The van der Waals surface area contributed by atoms with Crippen LogP contribution in [0.1, 0.15) is 29.3 Å². The lowest BCUT2D eigenvalue weighted by Gasteiger charge is -2.24. The van der Waals surface area contributed by atoms with E-state index in [1.54, 1.807) is 18.3 Å². The molecule has 7 heteroatoms. The van der Waals surface area contributed by atoms with Gasteiger partial charge in [0.05, 0.1) is 11.5 Å². The minimum atomic E-state index is -3.02. The molecule has 3 heterocycles. The van der Waals surface area contributed by atoms with Gasteiger partial charge in [-0.05, 0) is 43.5 Å². The molecule has 2 aliphatic heterocycles. The summed E-state index contributed by atoms with van der Waals surface area (Å²) in [6.07, 6.45) is 3.04. The first kappa shape index (κ1) is 17.0. The number of aromatic nitrogens is 1. The van der Waals surface area contributed by atoms with Gasteiger partial charge in [0.1, 0.15) is 5.82 Å². The van der Waals surface area contributed by atoms with Crippen molar-refractivity contribution in [3.05, 3.63) is 53.7 Å². The van der Waals surface area contributed by atoms with Crippen molar-refractivity contribution in [3.8, 4) is 0 Å². The van der Waals surface area contributed by atoms with E-state index in [1.165, 1.54) is 5.56 Å². The zero-order chi connectivity index (χ0) is 18.3. The van der Waals surface area contributed by atoms with Crippen molar-refractivity contribution in [1.82, 2.24) is 10.3 Å². The predicted octanol–water partition coefficient (Wildman–Crippen LogP) is 2.08. The number of fused-ring (bicyclic) bond motifs is 1. The van der Waals surface area contributed by atoms with Crippen LogP contribution in [0.2, 0.25) is 0 Å². The Labute approximate surface area is 153 Å². The number of anilines is 2. The fraction of sp³-hybridized carbons (Fsp3) is 0.368. The van der Waals surface area contributed by atoms with Crippen molar-refractivity contribution >= 4 is 27.2 Å². The monoisotopic (exact) mass is 371 g/mol. The van der Waals surface area contributed by atoms with Crippen molar-refractivity contribution in [2.45, 2.75) is 31.8 Å². The summed E-state index contributed by atoms with van der Waals surface area (Å²) in [6.45, 7) is 2.14. The van der Waals surface area contributed by atoms with E-state index in [0.717, 1.165) is 17.9 Å². The first-order valence-corrected chi connectivity index (χ1v) is 10.6. The number of para-hydroxylation sites is 1. The third-order valence-electron chi connectivity index (χ3n) is 5.03. The second-order valence-corrected chi connectivity index (χ2v) is 9.26. The highest BCUT2D eigenvalue weighted by Gasteiger charge is 2.30. The van der Waals surface area contributed by atoms with E-state index < -0.39 is 9.84 Å². The van der Waals surface area contributed by atoms with Gasteiger partial charge in [-0.2, -0.15) is 0 Å². The maximum absolute atomic E-state index is 12.6. The number of carbonyl (C=O) groups is 1. The Kier molecular flexibility index (Phi) is 4.19. The Morgan fingerprint density at radius 3 is 2.85 bits per heavy atom. The van der Waals surface area contributed by atoms with Crippen LogP contribution in [0.3, 0.4) is 0 Å². The molecule has 1 aromatic heterocycles. The zero-order valence-electron chi connectivity index (χ0n) is 14.6. The van der Waals surface area contributed by atoms with Gasteiger partial charge in [-0.1, -0.05) is 18.2 Å². The summed E-state index contributed by atoms with van der Waals surface area (Å²) in [5.74, 6) is 0.638. The van der Waals surface area contributed by atoms with Gasteiger partial charge in [0.2, 0.25) is 0 Å². The Morgan fingerprint density at radius 2 is 2.08 bits per heavy atom. The molecule has 2 aliphatic rings. The summed E-state index contributed by atoms with van der Waals surface area (Å²) in [7, 11) is -3.02. The number of hydrogen-bond donors (Lipinski definition) is 1. The first-order chi connectivity index (χ1) is 12.4. The fourth-order valence-electron chi connectivity index (χ4n) is 3.78. The number of sulfone groups is 1. The molecule has 0 aliphatic carbocycles. The number of nitrogens with zero attached hydrogens (tertiary/aromatic N) is 2. The van der Waals surface area contributed by atoms with Gasteiger partial charge in [0.25, 0.3) is 5.91 Å². The lowest BCUT2D eigenvalue weighted by Crippen LogP contribution is -2.35. The molecular weight excluding hydrogens is 350 g/mol. The maximum Gasteiger partial charge on any atom is 0.251 e. The summed E-state index contributed by atoms with van der Waals surface area (Å²) in [5.41, 5.74) is 2.88. The highest BCUT2D eigenvalue weighted by molar-refractivity contribution is 7.91. The van der Waals surface area contributed by atoms with Gasteiger partial charge in [0, 0.05) is 29.5 Å². The minimum absolute atomic E-state index is 0.0210. The Bertz CT molecular complexity index is 958. The summed E-state index contributed by atoms with van der Waals surface area (Å²) in [5, 5.41) is 2.83. The van der Waals surface area contributed by atoms with E-state index >= 15 is 0 Å². The number of nitrogens with one attached hydrogen (secondary N) is 1. The molecule has 26 heavy (non-hydrogen) atoms. The molecule has 2 unspecified atom stereocenters. The third-order valence-corrected chi connectivity index (χ3v) is 6.80. The number of rotatable bonds is 3. The molecule has 1 fully saturated rings. The van der Waals surface area contributed by atoms with E-state index in [1.807, 2.05) is 12.1 Å². The Balaban J connectivity index is 1.57. The summed E-state index contributed by atoms with van der Waals surface area (Å²) < 4.78 is 23.1. The van der Waals surface area contributed by atoms with Crippen LogP contribution in [0.4, 0.5) is 11.5 Å². The molecule has 4 rings (SSSR count). The fourth-order valence-corrected chi connectivity index (χ4v) is 5.46. The molecule has 6 nitrogen and oxygen atoms in total. The number of pyridine rings is 1. The van der Waals surface area contributed by atoms with Crippen LogP contribution in [-0.2, 0) is 16.3 Å². The van der Waals surface area contributed by atoms with E-state index in [4.69, 9.17) is 0 Å². The van der Waals surface area contributed by atoms with Gasteiger partial charge in [-0.25, -0.2) is 13.4 Å². The highest BCUT2D eigenvalue weighted by atomic mass is 32.2. The number of hydrogen-bond acceptors (Lipinski definition) is 5. The molecular formula is C19H21N3O3S. The van der Waals surface area contributed by atoms with Gasteiger partial charge in [-0.15, -0.1) is 0 Å². The smallest absolute Gasteiger partial charge is 0.251 e. The quantitative estimate of drug-likeness (QED) is 0.894. The highest BCUT2D eigenvalue weighted by Crippen LogP contribution is 2.37. The van der Waals surface area contributed by atoms with E-state index in [0.29, 0.717) is 12.0 Å². The molecule has 2 aromatic rings. The minimum Gasteiger partial charge on any atom is -0.348 e. The zero-order valence-corrected chi connectivity index (χ0v) is 15.4. The average molecular weight is 371 g/mol. The SMILES string of the molecule is CC1Cc2ccccc2N1c1cc(C(=O)NC2CCS(=O)(=O)C2)ccn1. The van der Waals surface area contributed by atoms with Crippen LogP contribution < -0.4 is 10.2 Å². The molecule has 0 saturated carbocycles. The molecule has 2 atom stereocenters. The molecule has 136 valence electrons. The number of benzene rings is 1. The summed E-state index contributed by atoms with van der Waals surface area (Å²) in [6, 6.07) is 11.6. The molecule has 1 amide bonds. The van der Waals surface area contributed by atoms with Crippen LogP contribution in [0, 0.1) is 0 Å². The molecule has 0 radical (unpaired) electrons. The van der Waals surface area contributed by atoms with E-state index in [9.17, 15) is 13.2 Å². The largest absolute Gasteiger partial charge is 0.348 e. The Morgan fingerprint density at radius 1 is 1.27 bits per heavy atom. The normalized spacial score (nSPS) is 23.7. The van der Waals surface area contributed by atoms with Crippen LogP contribution in [0.15, 0.2) is 42.6 Å². The topological polar surface area (TPSA) is 79.4 Å². The van der Waals surface area contributed by atoms with Crippen molar-refractivity contribution < 1.29 is 13.2 Å². The number of carbonyl (C=O) groups excluding carboxylic acids is 1. The number of amides is 1. The van der Waals surface area contributed by atoms with Crippen LogP contribution in [-0.4, -0.2) is 42.9 Å². The van der Waals surface area contributed by atoms with Crippen LogP contribution in [0.25, 0.3) is 0 Å². The van der Waals surface area contributed by atoms with Gasteiger partial charge in [0.15, 0.2) is 9.84 Å². The Hall–Kier alpha value is -2.41. The van der Waals surface area contributed by atoms with Crippen LogP contribution in [0.5, 0.6) is 0 Å². The molecule has 1 N–H and O–H groups in total. The first-order valence-electron chi connectivity index (χ1n) is 8.77. The van der Waals surface area contributed by atoms with Gasteiger partial charge < -0.3 is 10.2 Å². The third kappa shape index (κ3) is 3.19. The standard InChI is InChI=1S/C19H21N3O3S/c1-13-10-14-4-2-3-5-17(14)22(13)18-11-15(6-8-20-18)19(23)21-16-7-9-26(24,25)12-16/h2-6,8,11,13,16H,7,9-10,12H2,1H3,(H,21,23). The summed E-state index contributed by atoms with van der Waals surface area (Å²) >= 11 is 0. The van der Waals surface area contributed by atoms with E-state index in [2.05, 4.69) is 34.3 Å². The second kappa shape index (κ2) is 6.39. The van der Waals surface area contributed by atoms with Crippen LogP contribution >= 0.6 is 0 Å². The second-order valence-electron chi connectivity index (χ2n) is 7.03. The van der Waals surface area contributed by atoms with E-state index in [-0.39, 0.29) is 29.5 Å². The maximum atomic E-state index is 12.6. The van der Waals surface area contributed by atoms with Crippen molar-refractivity contribution in [2.24, 2.45) is 0 Å². The van der Waals surface area contributed by atoms with Gasteiger partial charge >= 0.3 is 0 Å². The average Bonchev–Trinajstić information content (AvgIpc) is 3.12. The lowest BCUT2D eigenvalue weighted by atomic mass is 10.1. The summed E-state index contributed by atoms with van der Waals surface area (Å²) in [4.78, 5) is 19.2. The van der Waals surface area contributed by atoms with Crippen molar-refractivity contribution in [2.75, 3.05) is 16.4 Å². The molecule has 0 bridgehead atoms.